The Bertz CT molecular complexity index is 294. The molecule has 0 atom stereocenters. The Kier molecular flexibility index (Phi) is 2.31. The molecule has 1 aromatic rings. The molecule has 0 saturated heterocycles. The van der Waals surface area contributed by atoms with Crippen molar-refractivity contribution >= 4 is 5.82 Å². The van der Waals surface area contributed by atoms with E-state index in [1.54, 1.807) is 0 Å². The van der Waals surface area contributed by atoms with Crippen molar-refractivity contribution in [3.63, 3.8) is 0 Å². The average Bonchev–Trinajstić information content (AvgIpc) is 2.71. The Morgan fingerprint density at radius 1 is 1.31 bits per heavy atom. The summed E-state index contributed by atoms with van der Waals surface area (Å²) in [5, 5.41) is 4.12. The van der Waals surface area contributed by atoms with Gasteiger partial charge in [-0.1, -0.05) is 12.2 Å². The molecular formula is C9H14N4. The molecule has 0 bridgehead atoms. The van der Waals surface area contributed by atoms with Gasteiger partial charge in [0, 0.05) is 25.8 Å². The van der Waals surface area contributed by atoms with Crippen LogP contribution >= 0.6 is 0 Å². The molecule has 1 aromatic heterocycles. The van der Waals surface area contributed by atoms with Gasteiger partial charge in [0.25, 0.3) is 0 Å². The minimum Gasteiger partial charge on any atom is -0.382 e. The number of nitrogens with zero attached hydrogens (tertiary/aromatic N) is 3. The summed E-state index contributed by atoms with van der Waals surface area (Å²) in [6.07, 6.45) is 6.30. The summed E-state index contributed by atoms with van der Waals surface area (Å²) in [5.41, 5.74) is 5.50. The molecule has 70 valence electrons. The molecular weight excluding hydrogens is 164 g/mol. The van der Waals surface area contributed by atoms with Crippen LogP contribution in [0.4, 0.5) is 5.82 Å². The quantitative estimate of drug-likeness (QED) is 0.679. The molecule has 0 fully saturated rings. The van der Waals surface area contributed by atoms with Crippen LogP contribution in [0.15, 0.2) is 24.4 Å². The van der Waals surface area contributed by atoms with E-state index in [9.17, 15) is 0 Å². The Hall–Kier alpha value is -1.29. The molecule has 0 saturated carbocycles. The van der Waals surface area contributed by atoms with Gasteiger partial charge in [0.05, 0.1) is 6.54 Å². The van der Waals surface area contributed by atoms with Crippen molar-refractivity contribution in [2.24, 2.45) is 0 Å². The van der Waals surface area contributed by atoms with Gasteiger partial charge in [0.1, 0.15) is 5.82 Å². The SMILES string of the molecule is Nc1ccn(CCN2CC=CC2)n1. The summed E-state index contributed by atoms with van der Waals surface area (Å²) >= 11 is 0. The Labute approximate surface area is 77.6 Å². The normalized spacial score (nSPS) is 16.9. The van der Waals surface area contributed by atoms with Gasteiger partial charge in [-0.05, 0) is 6.07 Å². The summed E-state index contributed by atoms with van der Waals surface area (Å²) in [6.45, 7) is 4.08. The van der Waals surface area contributed by atoms with Gasteiger partial charge < -0.3 is 5.73 Å². The second kappa shape index (κ2) is 3.62. The van der Waals surface area contributed by atoms with Crippen LogP contribution in [0.5, 0.6) is 0 Å². The summed E-state index contributed by atoms with van der Waals surface area (Å²) in [5.74, 6) is 0.597. The van der Waals surface area contributed by atoms with Gasteiger partial charge in [-0.25, -0.2) is 0 Å². The van der Waals surface area contributed by atoms with E-state index in [1.807, 2.05) is 16.9 Å². The van der Waals surface area contributed by atoms with Crippen molar-refractivity contribution in [2.45, 2.75) is 6.54 Å². The molecule has 0 aromatic carbocycles. The highest BCUT2D eigenvalue weighted by Crippen LogP contribution is 2.00. The molecule has 2 heterocycles. The van der Waals surface area contributed by atoms with Crippen LogP contribution in [-0.2, 0) is 6.54 Å². The summed E-state index contributed by atoms with van der Waals surface area (Å²) < 4.78 is 1.88. The van der Waals surface area contributed by atoms with Crippen molar-refractivity contribution in [3.05, 3.63) is 24.4 Å². The fourth-order valence-electron chi connectivity index (χ4n) is 1.45. The van der Waals surface area contributed by atoms with Gasteiger partial charge in [0.15, 0.2) is 0 Å². The predicted molar refractivity (Wildman–Crippen MR) is 52.2 cm³/mol. The maximum absolute atomic E-state index is 5.50. The minimum absolute atomic E-state index is 0.597. The van der Waals surface area contributed by atoms with E-state index in [0.717, 1.165) is 26.2 Å². The van der Waals surface area contributed by atoms with Gasteiger partial charge >= 0.3 is 0 Å². The predicted octanol–water partition coefficient (Wildman–Crippen LogP) is 0.337. The second-order valence-corrected chi connectivity index (χ2v) is 3.23. The molecule has 2 N–H and O–H groups in total. The molecule has 0 amide bonds. The Morgan fingerprint density at radius 2 is 2.08 bits per heavy atom. The van der Waals surface area contributed by atoms with E-state index in [-0.39, 0.29) is 0 Å². The number of nitrogens with two attached hydrogens (primary N) is 1. The molecule has 4 nitrogen and oxygen atoms in total. The summed E-state index contributed by atoms with van der Waals surface area (Å²) in [7, 11) is 0. The van der Waals surface area contributed by atoms with Crippen LogP contribution in [-0.4, -0.2) is 34.3 Å². The van der Waals surface area contributed by atoms with E-state index in [1.165, 1.54) is 0 Å². The molecule has 2 rings (SSSR count). The topological polar surface area (TPSA) is 47.1 Å². The highest BCUT2D eigenvalue weighted by Gasteiger charge is 2.05. The zero-order valence-electron chi connectivity index (χ0n) is 7.56. The monoisotopic (exact) mass is 178 g/mol. The van der Waals surface area contributed by atoms with Crippen molar-refractivity contribution in [1.29, 1.82) is 0 Å². The summed E-state index contributed by atoms with van der Waals surface area (Å²) in [4.78, 5) is 2.36. The minimum atomic E-state index is 0.597. The third kappa shape index (κ3) is 2.09. The lowest BCUT2D eigenvalue weighted by molar-refractivity contribution is 0.327. The van der Waals surface area contributed by atoms with Gasteiger partial charge in [-0.15, -0.1) is 0 Å². The lowest BCUT2D eigenvalue weighted by Crippen LogP contribution is -2.24. The Morgan fingerprint density at radius 3 is 2.69 bits per heavy atom. The Balaban J connectivity index is 1.79. The van der Waals surface area contributed by atoms with E-state index in [0.29, 0.717) is 5.82 Å². The maximum atomic E-state index is 5.50. The first-order valence-corrected chi connectivity index (χ1v) is 4.51. The molecule has 0 unspecified atom stereocenters. The lowest BCUT2D eigenvalue weighted by atomic mass is 10.5. The number of aromatic nitrogens is 2. The first-order chi connectivity index (χ1) is 6.34. The average molecular weight is 178 g/mol. The van der Waals surface area contributed by atoms with E-state index >= 15 is 0 Å². The largest absolute Gasteiger partial charge is 0.382 e. The number of nitrogen functional groups attached to an aromatic ring is 1. The first-order valence-electron chi connectivity index (χ1n) is 4.51. The highest BCUT2D eigenvalue weighted by molar-refractivity contribution is 5.23. The number of hydrogen-bond donors (Lipinski definition) is 1. The fraction of sp³-hybridized carbons (Fsp3) is 0.444. The zero-order valence-corrected chi connectivity index (χ0v) is 7.56. The van der Waals surface area contributed by atoms with Crippen LogP contribution in [0.1, 0.15) is 0 Å². The van der Waals surface area contributed by atoms with Crippen molar-refractivity contribution in [3.8, 4) is 0 Å². The molecule has 1 aliphatic heterocycles. The molecule has 13 heavy (non-hydrogen) atoms. The first kappa shape index (κ1) is 8.31. The molecule has 4 heteroatoms. The maximum Gasteiger partial charge on any atom is 0.145 e. The standard InChI is InChI=1S/C9H14N4/c10-9-3-6-13(11-9)8-7-12-4-1-2-5-12/h1-3,6H,4-5,7-8H2,(H2,10,11). The van der Waals surface area contributed by atoms with Crippen LogP contribution in [0.3, 0.4) is 0 Å². The molecule has 0 spiro atoms. The van der Waals surface area contributed by atoms with Crippen LogP contribution in [0.2, 0.25) is 0 Å². The fourth-order valence-corrected chi connectivity index (χ4v) is 1.45. The van der Waals surface area contributed by atoms with E-state index in [2.05, 4.69) is 22.2 Å². The van der Waals surface area contributed by atoms with Crippen molar-refractivity contribution < 1.29 is 0 Å². The highest BCUT2D eigenvalue weighted by atomic mass is 15.3. The molecule has 0 aliphatic carbocycles. The number of rotatable bonds is 3. The summed E-state index contributed by atoms with van der Waals surface area (Å²) in [6, 6.07) is 1.82. The smallest absolute Gasteiger partial charge is 0.145 e. The van der Waals surface area contributed by atoms with E-state index in [4.69, 9.17) is 5.73 Å². The molecule has 0 radical (unpaired) electrons. The van der Waals surface area contributed by atoms with Crippen LogP contribution in [0.25, 0.3) is 0 Å². The lowest BCUT2D eigenvalue weighted by Gasteiger charge is -2.13. The van der Waals surface area contributed by atoms with E-state index < -0.39 is 0 Å². The van der Waals surface area contributed by atoms with Crippen molar-refractivity contribution in [1.82, 2.24) is 14.7 Å². The van der Waals surface area contributed by atoms with Gasteiger partial charge in [-0.2, -0.15) is 5.10 Å². The van der Waals surface area contributed by atoms with Gasteiger partial charge in [-0.3, -0.25) is 9.58 Å². The second-order valence-electron chi connectivity index (χ2n) is 3.23. The van der Waals surface area contributed by atoms with Crippen LogP contribution in [0, 0.1) is 0 Å². The number of anilines is 1. The van der Waals surface area contributed by atoms with Gasteiger partial charge in [0.2, 0.25) is 0 Å². The third-order valence-corrected chi connectivity index (χ3v) is 2.20. The molecule has 1 aliphatic rings. The van der Waals surface area contributed by atoms with Crippen molar-refractivity contribution in [2.75, 3.05) is 25.4 Å². The third-order valence-electron chi connectivity index (χ3n) is 2.20. The number of hydrogen-bond acceptors (Lipinski definition) is 3. The zero-order chi connectivity index (χ0) is 9.10. The van der Waals surface area contributed by atoms with Crippen LogP contribution < -0.4 is 5.73 Å².